The van der Waals surface area contributed by atoms with Crippen molar-refractivity contribution in [3.8, 4) is 11.3 Å². The Morgan fingerprint density at radius 3 is 2.50 bits per heavy atom. The van der Waals surface area contributed by atoms with Crippen LogP contribution >= 0.6 is 11.6 Å². The number of hydrogen-bond acceptors (Lipinski definition) is 3. The predicted octanol–water partition coefficient (Wildman–Crippen LogP) is 6.70. The Hall–Kier alpha value is -2.22. The van der Waals surface area contributed by atoms with Crippen molar-refractivity contribution >= 4 is 23.2 Å². The van der Waals surface area contributed by atoms with Gasteiger partial charge < -0.3 is 10.6 Å². The summed E-state index contributed by atoms with van der Waals surface area (Å²) in [6.45, 7) is 8.28. The van der Waals surface area contributed by atoms with Crippen LogP contribution in [0.15, 0.2) is 18.2 Å². The molecule has 1 amide bonds. The largest absolute Gasteiger partial charge is 0.408 e. The van der Waals surface area contributed by atoms with E-state index in [1.54, 1.807) is 22.9 Å². The Morgan fingerprint density at radius 2 is 1.91 bits per heavy atom. The van der Waals surface area contributed by atoms with Crippen molar-refractivity contribution in [1.82, 2.24) is 15.1 Å². The van der Waals surface area contributed by atoms with Crippen LogP contribution in [0.1, 0.15) is 69.4 Å². The molecule has 0 saturated heterocycles. The van der Waals surface area contributed by atoms with Crippen molar-refractivity contribution in [3.05, 3.63) is 34.5 Å². The number of carbonyl (C=O) groups is 1. The van der Waals surface area contributed by atoms with Crippen molar-refractivity contribution in [1.29, 1.82) is 0 Å². The molecule has 0 unspecified atom stereocenters. The van der Waals surface area contributed by atoms with Crippen LogP contribution in [0.2, 0.25) is 5.02 Å². The fourth-order valence-corrected chi connectivity index (χ4v) is 4.79. The first-order valence-corrected chi connectivity index (χ1v) is 12.4. The van der Waals surface area contributed by atoms with Crippen LogP contribution in [0, 0.1) is 11.8 Å². The number of halogens is 4. The molecular weight excluding hydrogens is 465 g/mol. The molecule has 1 aliphatic carbocycles. The normalized spacial score (nSPS) is 19.6. The van der Waals surface area contributed by atoms with Gasteiger partial charge in [0.15, 0.2) is 5.69 Å². The summed E-state index contributed by atoms with van der Waals surface area (Å²) >= 11 is 6.68. The summed E-state index contributed by atoms with van der Waals surface area (Å²) in [6, 6.07) is 3.37. The smallest absolute Gasteiger partial charge is 0.374 e. The third-order valence-corrected chi connectivity index (χ3v) is 7.07. The molecule has 1 fully saturated rings. The second-order valence-electron chi connectivity index (χ2n) is 9.30. The van der Waals surface area contributed by atoms with Gasteiger partial charge in [-0.1, -0.05) is 44.4 Å². The third kappa shape index (κ3) is 6.06. The predicted molar refractivity (Wildman–Crippen MR) is 130 cm³/mol. The summed E-state index contributed by atoms with van der Waals surface area (Å²) in [5.74, 6) is 0.917. The summed E-state index contributed by atoms with van der Waals surface area (Å²) in [5.41, 5.74) is 2.74. The van der Waals surface area contributed by atoms with E-state index in [-0.39, 0.29) is 16.6 Å². The highest BCUT2D eigenvalue weighted by atomic mass is 35.5. The number of carbonyl (C=O) groups excluding carboxylic acids is 1. The number of aromatic nitrogens is 2. The van der Waals surface area contributed by atoms with Crippen LogP contribution in [0.5, 0.6) is 0 Å². The standard InChI is InChI=1S/C25H34ClF3N4O/c1-5-18-13-19(31-16(4)25(27,28)29)11-12-20(18)23-21(26)22(32-33(23)6-2)24(34)30-14-17-9-7-15(3)8-10-17/h11-13,15-17,31H,5-10,14H2,1-4H3,(H,30,34)/t15?,16-,17?/m1/s1. The average molecular weight is 499 g/mol. The van der Waals surface area contributed by atoms with E-state index in [9.17, 15) is 18.0 Å². The van der Waals surface area contributed by atoms with Crippen LogP contribution in [0.3, 0.4) is 0 Å². The lowest BCUT2D eigenvalue weighted by Crippen LogP contribution is -2.33. The zero-order valence-electron chi connectivity index (χ0n) is 20.2. The van der Waals surface area contributed by atoms with Crippen molar-refractivity contribution in [2.24, 2.45) is 11.8 Å². The van der Waals surface area contributed by atoms with Crippen molar-refractivity contribution < 1.29 is 18.0 Å². The molecule has 188 valence electrons. The molecular formula is C25H34ClF3N4O. The first-order valence-electron chi connectivity index (χ1n) is 12.1. The zero-order chi connectivity index (χ0) is 25.0. The van der Waals surface area contributed by atoms with Crippen molar-refractivity contribution in [2.75, 3.05) is 11.9 Å². The highest BCUT2D eigenvalue weighted by Crippen LogP contribution is 2.35. The number of benzene rings is 1. The van der Waals surface area contributed by atoms with Gasteiger partial charge in [0.05, 0.1) is 10.7 Å². The zero-order valence-corrected chi connectivity index (χ0v) is 21.0. The second kappa shape index (κ2) is 11.0. The first-order chi connectivity index (χ1) is 16.0. The molecule has 0 radical (unpaired) electrons. The quantitative estimate of drug-likeness (QED) is 0.425. The maximum absolute atomic E-state index is 13.0. The number of anilines is 1. The molecule has 2 N–H and O–H groups in total. The van der Waals surface area contributed by atoms with Gasteiger partial charge in [-0.25, -0.2) is 0 Å². The number of hydrogen-bond donors (Lipinski definition) is 2. The van der Waals surface area contributed by atoms with Gasteiger partial charge in [-0.2, -0.15) is 18.3 Å². The Balaban J connectivity index is 1.83. The minimum absolute atomic E-state index is 0.178. The number of nitrogens with zero attached hydrogens (tertiary/aromatic N) is 2. The number of amides is 1. The number of alkyl halides is 3. The molecule has 1 saturated carbocycles. The molecule has 0 spiro atoms. The molecule has 34 heavy (non-hydrogen) atoms. The maximum Gasteiger partial charge on any atom is 0.408 e. The number of rotatable bonds is 8. The molecule has 1 heterocycles. The highest BCUT2D eigenvalue weighted by Gasteiger charge is 2.36. The molecule has 1 atom stereocenters. The van der Waals surface area contributed by atoms with Gasteiger partial charge in [-0.15, -0.1) is 0 Å². The van der Waals surface area contributed by atoms with E-state index in [0.717, 1.165) is 36.8 Å². The number of nitrogens with one attached hydrogen (secondary N) is 2. The molecule has 1 aliphatic rings. The lowest BCUT2D eigenvalue weighted by Gasteiger charge is -2.26. The first kappa shape index (κ1) is 26.4. The highest BCUT2D eigenvalue weighted by molar-refractivity contribution is 6.36. The lowest BCUT2D eigenvalue weighted by molar-refractivity contribution is -0.138. The van der Waals surface area contributed by atoms with E-state index in [1.165, 1.54) is 12.8 Å². The Kier molecular flexibility index (Phi) is 8.55. The fraction of sp³-hybridized carbons (Fsp3) is 0.600. The molecule has 1 aromatic heterocycles. The van der Waals surface area contributed by atoms with Crippen molar-refractivity contribution in [2.45, 2.75) is 78.6 Å². The van der Waals surface area contributed by atoms with E-state index in [2.05, 4.69) is 22.7 Å². The molecule has 9 heteroatoms. The Morgan fingerprint density at radius 1 is 1.24 bits per heavy atom. The van der Waals surface area contributed by atoms with Crippen LogP contribution in [0.4, 0.5) is 18.9 Å². The van der Waals surface area contributed by atoms with E-state index < -0.39 is 12.2 Å². The van der Waals surface area contributed by atoms with E-state index >= 15 is 0 Å². The van der Waals surface area contributed by atoms with E-state index in [1.807, 2.05) is 13.8 Å². The molecule has 2 aromatic rings. The average Bonchev–Trinajstić information content (AvgIpc) is 3.13. The summed E-state index contributed by atoms with van der Waals surface area (Å²) in [6.07, 6.45) is 0.823. The molecule has 5 nitrogen and oxygen atoms in total. The maximum atomic E-state index is 13.0. The van der Waals surface area contributed by atoms with Gasteiger partial charge in [-0.05, 0) is 62.6 Å². The summed E-state index contributed by atoms with van der Waals surface area (Å²) < 4.78 is 40.6. The molecule has 0 bridgehead atoms. The Labute approximate surface area is 204 Å². The monoisotopic (exact) mass is 498 g/mol. The van der Waals surface area contributed by atoms with Gasteiger partial charge in [-0.3, -0.25) is 9.48 Å². The second-order valence-corrected chi connectivity index (χ2v) is 9.67. The SMILES string of the molecule is CCc1cc(N[C@H](C)C(F)(F)F)ccc1-c1c(Cl)c(C(=O)NCC2CCC(C)CC2)nn1CC. The summed E-state index contributed by atoms with van der Waals surface area (Å²) in [5, 5.41) is 10.2. The van der Waals surface area contributed by atoms with Crippen LogP contribution in [-0.2, 0) is 13.0 Å². The molecule has 1 aromatic carbocycles. The minimum atomic E-state index is -4.34. The lowest BCUT2D eigenvalue weighted by atomic mass is 9.83. The fourth-order valence-electron chi connectivity index (χ4n) is 4.46. The summed E-state index contributed by atoms with van der Waals surface area (Å²) in [4.78, 5) is 12.9. The van der Waals surface area contributed by atoms with Gasteiger partial charge in [0.1, 0.15) is 6.04 Å². The van der Waals surface area contributed by atoms with Crippen LogP contribution < -0.4 is 10.6 Å². The number of aryl methyl sites for hydroxylation is 2. The Bertz CT molecular complexity index is 997. The van der Waals surface area contributed by atoms with Crippen molar-refractivity contribution in [3.63, 3.8) is 0 Å². The summed E-state index contributed by atoms with van der Waals surface area (Å²) in [7, 11) is 0. The van der Waals surface area contributed by atoms with E-state index in [4.69, 9.17) is 11.6 Å². The molecule has 3 rings (SSSR count). The topological polar surface area (TPSA) is 59.0 Å². The van der Waals surface area contributed by atoms with Crippen LogP contribution in [0.25, 0.3) is 11.3 Å². The van der Waals surface area contributed by atoms with Gasteiger partial charge in [0, 0.05) is 24.3 Å². The van der Waals surface area contributed by atoms with E-state index in [0.29, 0.717) is 36.8 Å². The molecule has 0 aliphatic heterocycles. The third-order valence-electron chi connectivity index (χ3n) is 6.71. The van der Waals surface area contributed by atoms with Gasteiger partial charge in [0.25, 0.3) is 5.91 Å². The van der Waals surface area contributed by atoms with Crippen LogP contribution in [-0.4, -0.2) is 34.5 Å². The minimum Gasteiger partial charge on any atom is -0.374 e. The van der Waals surface area contributed by atoms with Gasteiger partial charge >= 0.3 is 6.18 Å². The van der Waals surface area contributed by atoms with Gasteiger partial charge in [0.2, 0.25) is 0 Å².